The first-order valence-electron chi connectivity index (χ1n) is 7.63. The van der Waals surface area contributed by atoms with Gasteiger partial charge in [0, 0.05) is 19.1 Å². The molecule has 2 fully saturated rings. The highest BCUT2D eigenvalue weighted by Crippen LogP contribution is 2.30. The maximum absolute atomic E-state index is 12.7. The third-order valence-electron chi connectivity index (χ3n) is 4.27. The molecule has 2 aliphatic rings. The summed E-state index contributed by atoms with van der Waals surface area (Å²) in [5.74, 6) is 0.305. The summed E-state index contributed by atoms with van der Waals surface area (Å²) >= 11 is 0. The molecule has 110 valence electrons. The maximum Gasteiger partial charge on any atom is 0.229 e. The molecular formula is C15H28N2O2. The van der Waals surface area contributed by atoms with E-state index in [4.69, 9.17) is 4.74 Å². The minimum atomic E-state index is 0.0143. The third-order valence-corrected chi connectivity index (χ3v) is 4.27. The molecule has 0 spiro atoms. The summed E-state index contributed by atoms with van der Waals surface area (Å²) in [6, 6.07) is 0.206. The number of nitrogens with zero attached hydrogens (tertiary/aromatic N) is 1. The van der Waals surface area contributed by atoms with Crippen LogP contribution < -0.4 is 5.32 Å². The molecule has 1 amide bonds. The monoisotopic (exact) mass is 268 g/mol. The van der Waals surface area contributed by atoms with Gasteiger partial charge in [0.15, 0.2) is 0 Å². The maximum atomic E-state index is 12.7. The fourth-order valence-corrected chi connectivity index (χ4v) is 3.17. The lowest BCUT2D eigenvalue weighted by Crippen LogP contribution is -2.50. The van der Waals surface area contributed by atoms with Gasteiger partial charge in [-0.3, -0.25) is 4.79 Å². The molecule has 0 radical (unpaired) electrons. The molecule has 4 heteroatoms. The fourth-order valence-electron chi connectivity index (χ4n) is 3.17. The van der Waals surface area contributed by atoms with Crippen molar-refractivity contribution < 1.29 is 9.53 Å². The highest BCUT2D eigenvalue weighted by molar-refractivity contribution is 5.80. The molecule has 0 aromatic heterocycles. The Morgan fingerprint density at radius 1 is 1.42 bits per heavy atom. The molecule has 19 heavy (non-hydrogen) atoms. The van der Waals surface area contributed by atoms with Crippen LogP contribution in [0.2, 0.25) is 0 Å². The van der Waals surface area contributed by atoms with Crippen LogP contribution in [0.4, 0.5) is 0 Å². The number of likely N-dealkylation sites (tertiary alicyclic amines) is 1. The summed E-state index contributed by atoms with van der Waals surface area (Å²) in [6.07, 6.45) is 3.43. The van der Waals surface area contributed by atoms with Crippen LogP contribution in [0.15, 0.2) is 0 Å². The number of ether oxygens (including phenoxy) is 1. The van der Waals surface area contributed by atoms with Crippen molar-refractivity contribution in [1.82, 2.24) is 10.2 Å². The molecule has 0 bridgehead atoms. The predicted octanol–water partition coefficient (Wildman–Crippen LogP) is 1.65. The van der Waals surface area contributed by atoms with Crippen LogP contribution in [0.5, 0.6) is 0 Å². The largest absolute Gasteiger partial charge is 0.379 e. The number of carbonyl (C=O) groups is 1. The Balaban J connectivity index is 1.94. The summed E-state index contributed by atoms with van der Waals surface area (Å²) in [5.41, 5.74) is 0.264. The van der Waals surface area contributed by atoms with E-state index < -0.39 is 0 Å². The molecule has 0 aromatic rings. The number of amides is 1. The second-order valence-corrected chi connectivity index (χ2v) is 6.73. The van der Waals surface area contributed by atoms with Crippen molar-refractivity contribution in [3.8, 4) is 0 Å². The van der Waals surface area contributed by atoms with Crippen LogP contribution in [0.1, 0.15) is 40.0 Å². The van der Waals surface area contributed by atoms with E-state index in [1.807, 2.05) is 0 Å². The van der Waals surface area contributed by atoms with Crippen LogP contribution in [0.3, 0.4) is 0 Å². The van der Waals surface area contributed by atoms with Crippen molar-refractivity contribution in [2.24, 2.45) is 11.3 Å². The topological polar surface area (TPSA) is 41.6 Å². The van der Waals surface area contributed by atoms with Gasteiger partial charge < -0.3 is 15.0 Å². The number of nitrogens with one attached hydrogen (secondary N) is 1. The molecule has 1 N–H and O–H groups in total. The van der Waals surface area contributed by atoms with Gasteiger partial charge in [0.05, 0.1) is 19.1 Å². The van der Waals surface area contributed by atoms with Crippen LogP contribution >= 0.6 is 0 Å². The van der Waals surface area contributed by atoms with Gasteiger partial charge in [-0.25, -0.2) is 0 Å². The van der Waals surface area contributed by atoms with Gasteiger partial charge in [-0.1, -0.05) is 20.8 Å². The molecule has 0 aliphatic carbocycles. The number of rotatable bonds is 4. The average molecular weight is 268 g/mol. The smallest absolute Gasteiger partial charge is 0.229 e. The summed E-state index contributed by atoms with van der Waals surface area (Å²) < 4.78 is 5.52. The van der Waals surface area contributed by atoms with Crippen molar-refractivity contribution in [3.05, 3.63) is 0 Å². The van der Waals surface area contributed by atoms with E-state index in [0.29, 0.717) is 19.1 Å². The van der Waals surface area contributed by atoms with Gasteiger partial charge in [0.2, 0.25) is 5.91 Å². The number of hydrogen-bond acceptors (Lipinski definition) is 3. The van der Waals surface area contributed by atoms with Gasteiger partial charge in [0.25, 0.3) is 0 Å². The molecule has 2 atom stereocenters. The van der Waals surface area contributed by atoms with Gasteiger partial charge >= 0.3 is 0 Å². The Labute approximate surface area is 116 Å². The second kappa shape index (κ2) is 6.23. The average Bonchev–Trinajstić information content (AvgIpc) is 2.82. The normalized spacial score (nSPS) is 30.6. The van der Waals surface area contributed by atoms with E-state index in [2.05, 4.69) is 31.0 Å². The third kappa shape index (κ3) is 3.69. The number of piperidine rings is 1. The van der Waals surface area contributed by atoms with E-state index in [0.717, 1.165) is 32.5 Å². The highest BCUT2D eigenvalue weighted by atomic mass is 16.5. The lowest BCUT2D eigenvalue weighted by atomic mass is 9.83. The Kier molecular flexibility index (Phi) is 4.85. The Morgan fingerprint density at radius 3 is 2.89 bits per heavy atom. The molecule has 2 aliphatic heterocycles. The Bertz CT molecular complexity index is 317. The standard InChI is InChI=1S/C15H28N2O2/c1-4-7-16-13-10-19-9-12(13)14(18)17-8-5-6-15(2,3)11-17/h12-13,16H,4-11H2,1-3H3. The molecule has 2 rings (SSSR count). The lowest BCUT2D eigenvalue weighted by Gasteiger charge is -2.39. The Hall–Kier alpha value is -0.610. The number of hydrogen-bond donors (Lipinski definition) is 1. The van der Waals surface area contributed by atoms with Crippen molar-refractivity contribution in [1.29, 1.82) is 0 Å². The van der Waals surface area contributed by atoms with E-state index in [1.165, 1.54) is 6.42 Å². The summed E-state index contributed by atoms with van der Waals surface area (Å²) in [4.78, 5) is 14.7. The fraction of sp³-hybridized carbons (Fsp3) is 0.933. The van der Waals surface area contributed by atoms with Crippen LogP contribution in [-0.2, 0) is 9.53 Å². The first kappa shape index (κ1) is 14.8. The van der Waals surface area contributed by atoms with Crippen LogP contribution in [-0.4, -0.2) is 49.7 Å². The molecular weight excluding hydrogens is 240 g/mol. The molecule has 2 saturated heterocycles. The summed E-state index contributed by atoms with van der Waals surface area (Å²) in [6.45, 7) is 10.7. The van der Waals surface area contributed by atoms with Crippen molar-refractivity contribution in [3.63, 3.8) is 0 Å². The molecule has 4 nitrogen and oxygen atoms in total. The van der Waals surface area contributed by atoms with Gasteiger partial charge in [-0.2, -0.15) is 0 Å². The first-order chi connectivity index (χ1) is 9.03. The minimum Gasteiger partial charge on any atom is -0.379 e. The van der Waals surface area contributed by atoms with Crippen molar-refractivity contribution in [2.75, 3.05) is 32.8 Å². The minimum absolute atomic E-state index is 0.0143. The van der Waals surface area contributed by atoms with Gasteiger partial charge in [-0.15, -0.1) is 0 Å². The van der Waals surface area contributed by atoms with E-state index in [1.54, 1.807) is 0 Å². The first-order valence-corrected chi connectivity index (χ1v) is 7.63. The SMILES string of the molecule is CCCNC1COCC1C(=O)N1CCCC(C)(C)C1. The molecule has 0 aromatic carbocycles. The summed E-state index contributed by atoms with van der Waals surface area (Å²) in [5, 5.41) is 3.45. The quantitative estimate of drug-likeness (QED) is 0.843. The van der Waals surface area contributed by atoms with E-state index >= 15 is 0 Å². The lowest BCUT2D eigenvalue weighted by molar-refractivity contribution is -0.139. The number of carbonyl (C=O) groups excluding carboxylic acids is 1. The zero-order chi connectivity index (χ0) is 13.9. The van der Waals surface area contributed by atoms with Crippen LogP contribution in [0, 0.1) is 11.3 Å². The second-order valence-electron chi connectivity index (χ2n) is 6.73. The van der Waals surface area contributed by atoms with E-state index in [-0.39, 0.29) is 17.4 Å². The van der Waals surface area contributed by atoms with E-state index in [9.17, 15) is 4.79 Å². The van der Waals surface area contributed by atoms with Crippen LogP contribution in [0.25, 0.3) is 0 Å². The zero-order valence-corrected chi connectivity index (χ0v) is 12.6. The van der Waals surface area contributed by atoms with Crippen molar-refractivity contribution >= 4 is 5.91 Å². The van der Waals surface area contributed by atoms with Crippen molar-refractivity contribution in [2.45, 2.75) is 46.1 Å². The summed E-state index contributed by atoms with van der Waals surface area (Å²) in [7, 11) is 0. The molecule has 2 unspecified atom stereocenters. The molecule has 2 heterocycles. The molecule has 0 saturated carbocycles. The predicted molar refractivity (Wildman–Crippen MR) is 76.0 cm³/mol. The zero-order valence-electron chi connectivity index (χ0n) is 12.6. The Morgan fingerprint density at radius 2 is 2.21 bits per heavy atom. The highest BCUT2D eigenvalue weighted by Gasteiger charge is 2.38. The van der Waals surface area contributed by atoms with Gasteiger partial charge in [-0.05, 0) is 31.2 Å². The van der Waals surface area contributed by atoms with Gasteiger partial charge in [0.1, 0.15) is 0 Å².